The van der Waals surface area contributed by atoms with Crippen molar-refractivity contribution in [3.63, 3.8) is 0 Å². The van der Waals surface area contributed by atoms with E-state index in [0.29, 0.717) is 6.92 Å². The van der Waals surface area contributed by atoms with Crippen molar-refractivity contribution in [1.29, 1.82) is 0 Å². The molecule has 1 N–H and O–H groups in total. The SMILES string of the molecule is CCC(C(=O)Nc1ccccc1OC)(C(F)(F)F)C(F)(F)F. The number of ether oxygens (including phenoxy) is 1. The van der Waals surface area contributed by atoms with Gasteiger partial charge >= 0.3 is 12.4 Å². The number of para-hydroxylation sites is 2. The predicted octanol–water partition coefficient (Wildman–Crippen LogP) is 4.15. The first-order valence-electron chi connectivity index (χ1n) is 6.09. The van der Waals surface area contributed by atoms with E-state index in [4.69, 9.17) is 4.74 Å². The van der Waals surface area contributed by atoms with E-state index in [0.717, 1.165) is 6.07 Å². The second-order valence-corrected chi connectivity index (χ2v) is 4.41. The molecule has 1 amide bonds. The van der Waals surface area contributed by atoms with Crippen molar-refractivity contribution in [3.05, 3.63) is 24.3 Å². The summed E-state index contributed by atoms with van der Waals surface area (Å²) >= 11 is 0. The maximum atomic E-state index is 13.0. The second-order valence-electron chi connectivity index (χ2n) is 4.41. The molecular weight excluding hydrogens is 316 g/mol. The molecule has 0 aliphatic heterocycles. The maximum Gasteiger partial charge on any atom is 0.412 e. The Balaban J connectivity index is 3.31. The van der Waals surface area contributed by atoms with Crippen LogP contribution in [0.4, 0.5) is 32.0 Å². The average Bonchev–Trinajstić information content (AvgIpc) is 2.37. The van der Waals surface area contributed by atoms with Crippen molar-refractivity contribution in [2.24, 2.45) is 5.41 Å². The topological polar surface area (TPSA) is 38.3 Å². The molecule has 0 bridgehead atoms. The van der Waals surface area contributed by atoms with Crippen LogP contribution in [0, 0.1) is 5.41 Å². The fraction of sp³-hybridized carbons (Fsp3) is 0.462. The summed E-state index contributed by atoms with van der Waals surface area (Å²) in [7, 11) is 1.17. The smallest absolute Gasteiger partial charge is 0.412 e. The van der Waals surface area contributed by atoms with Gasteiger partial charge in [0.05, 0.1) is 12.8 Å². The van der Waals surface area contributed by atoms with Crippen LogP contribution in [0.25, 0.3) is 0 Å². The molecule has 0 spiro atoms. The van der Waals surface area contributed by atoms with Crippen molar-refractivity contribution < 1.29 is 35.9 Å². The molecule has 1 aromatic carbocycles. The average molecular weight is 329 g/mol. The van der Waals surface area contributed by atoms with Crippen molar-refractivity contribution in [1.82, 2.24) is 0 Å². The van der Waals surface area contributed by atoms with Crippen LogP contribution in [0.2, 0.25) is 0 Å². The molecule has 124 valence electrons. The van der Waals surface area contributed by atoms with Crippen LogP contribution in [0.15, 0.2) is 24.3 Å². The number of carbonyl (C=O) groups is 1. The summed E-state index contributed by atoms with van der Waals surface area (Å²) in [6.07, 6.45) is -13.0. The zero-order chi connectivity index (χ0) is 17.2. The number of carbonyl (C=O) groups excluding carboxylic acids is 1. The lowest BCUT2D eigenvalue weighted by Gasteiger charge is -2.35. The molecule has 22 heavy (non-hydrogen) atoms. The first-order chi connectivity index (χ1) is 10.0. The monoisotopic (exact) mass is 329 g/mol. The molecule has 1 aromatic rings. The molecule has 0 aromatic heterocycles. The summed E-state index contributed by atoms with van der Waals surface area (Å²) in [4.78, 5) is 11.8. The van der Waals surface area contributed by atoms with Crippen molar-refractivity contribution in [3.8, 4) is 5.75 Å². The van der Waals surface area contributed by atoms with Crippen LogP contribution >= 0.6 is 0 Å². The van der Waals surface area contributed by atoms with Crippen molar-refractivity contribution in [2.45, 2.75) is 25.7 Å². The number of benzene rings is 1. The molecule has 0 fully saturated rings. The lowest BCUT2D eigenvalue weighted by atomic mass is 9.82. The highest BCUT2D eigenvalue weighted by atomic mass is 19.4. The van der Waals surface area contributed by atoms with Crippen LogP contribution in [0.3, 0.4) is 0 Å². The standard InChI is InChI=1S/C13H13F6NO2/c1-3-11(12(14,15)16,13(17,18)19)10(21)20-8-6-4-5-7-9(8)22-2/h4-7H,3H2,1-2H3,(H,20,21). The number of anilines is 1. The molecule has 0 heterocycles. The lowest BCUT2D eigenvalue weighted by molar-refractivity contribution is -0.324. The highest BCUT2D eigenvalue weighted by Gasteiger charge is 2.74. The van der Waals surface area contributed by atoms with E-state index in [1.807, 2.05) is 0 Å². The van der Waals surface area contributed by atoms with E-state index < -0.39 is 30.1 Å². The van der Waals surface area contributed by atoms with Gasteiger partial charge in [0.2, 0.25) is 11.3 Å². The summed E-state index contributed by atoms with van der Waals surface area (Å²) in [5.74, 6) is -2.25. The minimum atomic E-state index is -5.79. The molecule has 0 aliphatic carbocycles. The van der Waals surface area contributed by atoms with E-state index >= 15 is 0 Å². The Labute approximate surface area is 122 Å². The number of hydrogen-bond acceptors (Lipinski definition) is 2. The van der Waals surface area contributed by atoms with Gasteiger partial charge in [0.15, 0.2) is 0 Å². The molecule has 9 heteroatoms. The number of nitrogens with one attached hydrogen (secondary N) is 1. The van der Waals surface area contributed by atoms with Crippen LogP contribution in [0.5, 0.6) is 5.75 Å². The zero-order valence-corrected chi connectivity index (χ0v) is 11.6. The molecule has 0 radical (unpaired) electrons. The molecular formula is C13H13F6NO2. The number of rotatable bonds is 4. The third-order valence-corrected chi connectivity index (χ3v) is 3.24. The highest BCUT2D eigenvalue weighted by Crippen LogP contribution is 2.53. The van der Waals surface area contributed by atoms with Crippen molar-refractivity contribution >= 4 is 11.6 Å². The minimum Gasteiger partial charge on any atom is -0.495 e. The highest BCUT2D eigenvalue weighted by molar-refractivity contribution is 5.97. The third kappa shape index (κ3) is 2.97. The van der Waals surface area contributed by atoms with E-state index in [1.165, 1.54) is 25.3 Å². The van der Waals surface area contributed by atoms with Gasteiger partial charge in [0.1, 0.15) is 5.75 Å². The fourth-order valence-corrected chi connectivity index (χ4v) is 1.96. The Kier molecular flexibility index (Phi) is 4.99. The Hall–Kier alpha value is -1.93. The molecule has 0 aliphatic rings. The van der Waals surface area contributed by atoms with Crippen molar-refractivity contribution in [2.75, 3.05) is 12.4 Å². The number of hydrogen-bond donors (Lipinski definition) is 1. The number of halogens is 6. The van der Waals surface area contributed by atoms with Gasteiger partial charge in [-0.1, -0.05) is 19.1 Å². The van der Waals surface area contributed by atoms with Gasteiger partial charge < -0.3 is 10.1 Å². The van der Waals surface area contributed by atoms with Gasteiger partial charge in [0, 0.05) is 0 Å². The second kappa shape index (κ2) is 6.05. The third-order valence-electron chi connectivity index (χ3n) is 3.24. The van der Waals surface area contributed by atoms with Crippen LogP contribution in [-0.2, 0) is 4.79 Å². The minimum absolute atomic E-state index is 0.0507. The van der Waals surface area contributed by atoms with Gasteiger partial charge in [-0.3, -0.25) is 4.79 Å². The summed E-state index contributed by atoms with van der Waals surface area (Å²) in [6.45, 7) is 0.656. The van der Waals surface area contributed by atoms with Crippen LogP contribution in [0.1, 0.15) is 13.3 Å². The first-order valence-corrected chi connectivity index (χ1v) is 6.09. The van der Waals surface area contributed by atoms with Gasteiger partial charge in [0.25, 0.3) is 0 Å². The summed E-state index contributed by atoms with van der Waals surface area (Å²) in [5.41, 5.74) is -4.76. The Morgan fingerprint density at radius 2 is 1.59 bits per heavy atom. The maximum absolute atomic E-state index is 13.0. The van der Waals surface area contributed by atoms with Gasteiger partial charge in [-0.05, 0) is 18.6 Å². The van der Waals surface area contributed by atoms with Gasteiger partial charge in [-0.2, -0.15) is 26.3 Å². The Morgan fingerprint density at radius 1 is 1.09 bits per heavy atom. The van der Waals surface area contributed by atoms with Gasteiger partial charge in [-0.25, -0.2) is 0 Å². The number of alkyl halides is 6. The normalized spacial score (nSPS) is 12.9. The molecule has 0 atom stereocenters. The van der Waals surface area contributed by atoms with E-state index in [1.54, 1.807) is 5.32 Å². The summed E-state index contributed by atoms with van der Waals surface area (Å²) < 4.78 is 82.8. The van der Waals surface area contributed by atoms with Crippen LogP contribution < -0.4 is 10.1 Å². The van der Waals surface area contributed by atoms with E-state index in [2.05, 4.69) is 0 Å². The summed E-state index contributed by atoms with van der Waals surface area (Å²) in [5, 5.41) is 1.66. The molecule has 0 saturated carbocycles. The Bertz CT molecular complexity index is 524. The van der Waals surface area contributed by atoms with Crippen LogP contribution in [-0.4, -0.2) is 25.4 Å². The molecule has 0 saturated heterocycles. The molecule has 1 rings (SSSR count). The zero-order valence-electron chi connectivity index (χ0n) is 11.6. The lowest BCUT2D eigenvalue weighted by Crippen LogP contribution is -2.57. The fourth-order valence-electron chi connectivity index (χ4n) is 1.96. The molecule has 0 unspecified atom stereocenters. The largest absolute Gasteiger partial charge is 0.495 e. The predicted molar refractivity (Wildman–Crippen MR) is 66.5 cm³/mol. The van der Waals surface area contributed by atoms with Gasteiger partial charge in [-0.15, -0.1) is 0 Å². The van der Waals surface area contributed by atoms with E-state index in [-0.39, 0.29) is 11.4 Å². The number of methoxy groups -OCH3 is 1. The van der Waals surface area contributed by atoms with E-state index in [9.17, 15) is 31.1 Å². The quantitative estimate of drug-likeness (QED) is 0.843. The molecule has 3 nitrogen and oxygen atoms in total. The Morgan fingerprint density at radius 3 is 2.00 bits per heavy atom. The first kappa shape index (κ1) is 18.1. The number of amides is 1. The summed E-state index contributed by atoms with van der Waals surface area (Å²) in [6, 6.07) is 5.23.